The van der Waals surface area contributed by atoms with Crippen molar-refractivity contribution < 1.29 is 4.42 Å². The lowest BCUT2D eigenvalue weighted by atomic mass is 9.83. The van der Waals surface area contributed by atoms with Gasteiger partial charge in [0.1, 0.15) is 11.2 Å². The third-order valence-corrected chi connectivity index (χ3v) is 10.1. The number of aryl methyl sites for hydroxylation is 1. The fourth-order valence-electron chi connectivity index (χ4n) is 7.88. The number of rotatable bonds is 3. The summed E-state index contributed by atoms with van der Waals surface area (Å²) in [6.07, 6.45) is 0. The van der Waals surface area contributed by atoms with E-state index in [0.717, 1.165) is 27.3 Å². The summed E-state index contributed by atoms with van der Waals surface area (Å²) in [5.41, 5.74) is 10.5. The van der Waals surface area contributed by atoms with Crippen molar-refractivity contribution in [2.24, 2.45) is 0 Å². The maximum Gasteiger partial charge on any atom is 0.143 e. The van der Waals surface area contributed by atoms with E-state index in [0.29, 0.717) is 0 Å². The summed E-state index contributed by atoms with van der Waals surface area (Å²) in [5, 5.41) is 12.1. The van der Waals surface area contributed by atoms with Crippen LogP contribution in [0, 0.1) is 6.92 Å². The highest BCUT2D eigenvalue weighted by atomic mass is 16.3. The molecular formula is C47H30O. The molecule has 224 valence electrons. The predicted molar refractivity (Wildman–Crippen MR) is 205 cm³/mol. The van der Waals surface area contributed by atoms with Gasteiger partial charge in [-0.25, -0.2) is 0 Å². The third kappa shape index (κ3) is 4.04. The third-order valence-electron chi connectivity index (χ3n) is 10.1. The molecule has 48 heavy (non-hydrogen) atoms. The van der Waals surface area contributed by atoms with Crippen LogP contribution in [0.15, 0.2) is 168 Å². The lowest BCUT2D eigenvalue weighted by molar-refractivity contribution is 0.672. The molecule has 10 rings (SSSR count). The van der Waals surface area contributed by atoms with Crippen LogP contribution >= 0.6 is 0 Å². The molecule has 0 radical (unpaired) electrons. The Morgan fingerprint density at radius 3 is 1.73 bits per heavy atom. The summed E-state index contributed by atoms with van der Waals surface area (Å²) >= 11 is 0. The summed E-state index contributed by atoms with van der Waals surface area (Å²) in [7, 11) is 0. The van der Waals surface area contributed by atoms with Crippen LogP contribution in [0.4, 0.5) is 0 Å². The van der Waals surface area contributed by atoms with E-state index in [1.165, 1.54) is 76.6 Å². The molecule has 0 aliphatic carbocycles. The molecule has 0 unspecified atom stereocenters. The minimum absolute atomic E-state index is 0.913. The molecule has 10 aromatic rings. The topological polar surface area (TPSA) is 13.1 Å². The monoisotopic (exact) mass is 610 g/mol. The van der Waals surface area contributed by atoms with E-state index in [4.69, 9.17) is 4.42 Å². The van der Waals surface area contributed by atoms with Gasteiger partial charge in [-0.1, -0.05) is 139 Å². The molecule has 1 aromatic heterocycles. The van der Waals surface area contributed by atoms with Crippen LogP contribution in [0.1, 0.15) is 5.56 Å². The van der Waals surface area contributed by atoms with Crippen LogP contribution in [-0.2, 0) is 0 Å². The second kappa shape index (κ2) is 10.4. The molecule has 1 nitrogen and oxygen atoms in total. The van der Waals surface area contributed by atoms with Gasteiger partial charge in [0.15, 0.2) is 0 Å². The highest BCUT2D eigenvalue weighted by Crippen LogP contribution is 2.47. The van der Waals surface area contributed by atoms with E-state index in [9.17, 15) is 0 Å². The Kier molecular flexibility index (Phi) is 5.86. The minimum atomic E-state index is 0.913. The van der Waals surface area contributed by atoms with Crippen molar-refractivity contribution in [3.63, 3.8) is 0 Å². The second-order valence-electron chi connectivity index (χ2n) is 12.9. The molecule has 0 aliphatic rings. The summed E-state index contributed by atoms with van der Waals surface area (Å²) in [4.78, 5) is 0. The molecule has 0 atom stereocenters. The molecule has 1 heteroatoms. The highest BCUT2D eigenvalue weighted by molar-refractivity contribution is 6.25. The van der Waals surface area contributed by atoms with E-state index >= 15 is 0 Å². The molecule has 1 heterocycles. The van der Waals surface area contributed by atoms with Crippen LogP contribution in [0.5, 0.6) is 0 Å². The van der Waals surface area contributed by atoms with Crippen LogP contribution in [0.3, 0.4) is 0 Å². The van der Waals surface area contributed by atoms with Crippen molar-refractivity contribution in [3.8, 4) is 33.4 Å². The van der Waals surface area contributed by atoms with Gasteiger partial charge in [-0.2, -0.15) is 0 Å². The number of hydrogen-bond acceptors (Lipinski definition) is 1. The van der Waals surface area contributed by atoms with E-state index < -0.39 is 0 Å². The first-order chi connectivity index (χ1) is 23.7. The summed E-state index contributed by atoms with van der Waals surface area (Å²) in [5.74, 6) is 0. The molecule has 0 saturated heterocycles. The predicted octanol–water partition coefficient (Wildman–Crippen LogP) is 13.5. The van der Waals surface area contributed by atoms with Crippen molar-refractivity contribution in [1.82, 2.24) is 0 Å². The lowest BCUT2D eigenvalue weighted by Gasteiger charge is -2.19. The van der Waals surface area contributed by atoms with Gasteiger partial charge < -0.3 is 4.42 Å². The van der Waals surface area contributed by atoms with Gasteiger partial charge in [-0.3, -0.25) is 0 Å². The first kappa shape index (κ1) is 27.0. The zero-order valence-corrected chi connectivity index (χ0v) is 26.5. The standard InChI is InChI=1S/C47H30O/c1-29-19-22-36-32(25-29)20-23-41-42-27-33(21-24-44(42)48-47(36)41)45-37-15-7-9-17-39(37)46(40-18-10-8-16-38(40)45)43-28-34(30-11-3-2-4-12-30)26-31-13-5-6-14-35(31)43/h2-28H,1H3. The quantitative estimate of drug-likeness (QED) is 0.181. The Bertz CT molecular complexity index is 2830. The number of benzene rings is 9. The van der Waals surface area contributed by atoms with E-state index in [1.807, 2.05) is 0 Å². The van der Waals surface area contributed by atoms with Crippen molar-refractivity contribution >= 4 is 65.0 Å². The molecule has 0 amide bonds. The van der Waals surface area contributed by atoms with Gasteiger partial charge in [0.2, 0.25) is 0 Å². The largest absolute Gasteiger partial charge is 0.455 e. The first-order valence-corrected chi connectivity index (χ1v) is 16.6. The van der Waals surface area contributed by atoms with Gasteiger partial charge >= 0.3 is 0 Å². The molecule has 0 N–H and O–H groups in total. The first-order valence-electron chi connectivity index (χ1n) is 16.6. The van der Waals surface area contributed by atoms with Crippen LogP contribution < -0.4 is 0 Å². The fourth-order valence-corrected chi connectivity index (χ4v) is 7.88. The van der Waals surface area contributed by atoms with Crippen molar-refractivity contribution in [1.29, 1.82) is 0 Å². The molecule has 0 spiro atoms. The van der Waals surface area contributed by atoms with Crippen LogP contribution in [-0.4, -0.2) is 0 Å². The van der Waals surface area contributed by atoms with Gasteiger partial charge in [0.25, 0.3) is 0 Å². The minimum Gasteiger partial charge on any atom is -0.455 e. The molecular weight excluding hydrogens is 581 g/mol. The van der Waals surface area contributed by atoms with E-state index in [2.05, 4.69) is 171 Å². The fraction of sp³-hybridized carbons (Fsp3) is 0.0213. The Balaban J connectivity index is 1.28. The van der Waals surface area contributed by atoms with E-state index in [1.54, 1.807) is 0 Å². The van der Waals surface area contributed by atoms with Crippen LogP contribution in [0.25, 0.3) is 98.4 Å². The van der Waals surface area contributed by atoms with Gasteiger partial charge in [-0.15, -0.1) is 0 Å². The van der Waals surface area contributed by atoms with Gasteiger partial charge in [-0.05, 0) is 108 Å². The zero-order valence-electron chi connectivity index (χ0n) is 26.5. The maximum absolute atomic E-state index is 6.54. The van der Waals surface area contributed by atoms with Crippen molar-refractivity contribution in [2.75, 3.05) is 0 Å². The SMILES string of the molecule is Cc1ccc2c(ccc3c4cc(-c5c6ccccc6c(-c6cc(-c7ccccc7)cc7ccccc67)c6ccccc56)ccc4oc23)c1. The van der Waals surface area contributed by atoms with Gasteiger partial charge in [0, 0.05) is 16.2 Å². The Labute approximate surface area is 278 Å². The Hall–Kier alpha value is -6.18. The van der Waals surface area contributed by atoms with Gasteiger partial charge in [0.05, 0.1) is 0 Å². The number of fused-ring (bicyclic) bond motifs is 8. The van der Waals surface area contributed by atoms with Crippen LogP contribution in [0.2, 0.25) is 0 Å². The smallest absolute Gasteiger partial charge is 0.143 e. The normalized spacial score (nSPS) is 11.9. The summed E-state index contributed by atoms with van der Waals surface area (Å²) in [6, 6.07) is 59.8. The lowest BCUT2D eigenvalue weighted by Crippen LogP contribution is -1.92. The Morgan fingerprint density at radius 1 is 0.354 bits per heavy atom. The molecule has 0 aliphatic heterocycles. The summed E-state index contributed by atoms with van der Waals surface area (Å²) < 4.78 is 6.54. The molecule has 9 aromatic carbocycles. The molecule has 0 fully saturated rings. The average Bonchev–Trinajstić information content (AvgIpc) is 3.52. The highest BCUT2D eigenvalue weighted by Gasteiger charge is 2.20. The molecule has 0 saturated carbocycles. The Morgan fingerprint density at radius 2 is 0.979 bits per heavy atom. The second-order valence-corrected chi connectivity index (χ2v) is 12.9. The molecule has 0 bridgehead atoms. The average molecular weight is 611 g/mol. The maximum atomic E-state index is 6.54. The summed E-state index contributed by atoms with van der Waals surface area (Å²) in [6.45, 7) is 2.14. The zero-order chi connectivity index (χ0) is 31.8. The van der Waals surface area contributed by atoms with E-state index in [-0.39, 0.29) is 0 Å². The van der Waals surface area contributed by atoms with Crippen molar-refractivity contribution in [2.45, 2.75) is 6.92 Å². The van der Waals surface area contributed by atoms with Crippen molar-refractivity contribution in [3.05, 3.63) is 169 Å². The number of hydrogen-bond donors (Lipinski definition) is 0. The number of furan rings is 1.